The highest BCUT2D eigenvalue weighted by molar-refractivity contribution is 5.91. The molecular weight excluding hydrogens is 370 g/mol. The first-order chi connectivity index (χ1) is 14.1. The molecule has 0 radical (unpaired) electrons. The topological polar surface area (TPSA) is 84.1 Å². The molecule has 152 valence electrons. The predicted octanol–water partition coefficient (Wildman–Crippen LogP) is 3.30. The number of furan rings is 1. The highest BCUT2D eigenvalue weighted by Gasteiger charge is 2.35. The quantitative estimate of drug-likeness (QED) is 0.842. The van der Waals surface area contributed by atoms with E-state index in [1.807, 2.05) is 42.2 Å². The van der Waals surface area contributed by atoms with Crippen molar-refractivity contribution in [3.63, 3.8) is 0 Å². The van der Waals surface area contributed by atoms with Crippen molar-refractivity contribution in [2.75, 3.05) is 6.54 Å². The molecule has 1 saturated heterocycles. The monoisotopic (exact) mass is 395 g/mol. The van der Waals surface area contributed by atoms with Gasteiger partial charge in [-0.15, -0.1) is 0 Å². The standard InChI is InChI=1S/C22H25N3O4/c1-15-12-18(29-24-15)14-21(26)25-10-9-17(23-22(27)20-8-5-11-28-20)13-19(25)16-6-3-2-4-7-16/h2-8,11,17-19H,9-10,12-14H2,1H3,(H,23,27)/t17-,18?,19-/m0/s1. The van der Waals surface area contributed by atoms with Crippen molar-refractivity contribution in [3.05, 3.63) is 60.1 Å². The molecule has 1 fully saturated rings. The van der Waals surface area contributed by atoms with Crippen molar-refractivity contribution < 1.29 is 18.8 Å². The van der Waals surface area contributed by atoms with Crippen LogP contribution in [0.2, 0.25) is 0 Å². The number of oxime groups is 1. The van der Waals surface area contributed by atoms with Gasteiger partial charge in [-0.25, -0.2) is 0 Å². The molecule has 1 unspecified atom stereocenters. The molecule has 3 heterocycles. The van der Waals surface area contributed by atoms with Gasteiger partial charge in [0, 0.05) is 19.0 Å². The van der Waals surface area contributed by atoms with Crippen molar-refractivity contribution in [2.24, 2.45) is 5.16 Å². The number of piperidine rings is 1. The first kappa shape index (κ1) is 19.2. The molecular formula is C22H25N3O4. The van der Waals surface area contributed by atoms with Crippen molar-refractivity contribution in [1.29, 1.82) is 0 Å². The lowest BCUT2D eigenvalue weighted by Gasteiger charge is -2.40. The number of nitrogens with zero attached hydrogens (tertiary/aromatic N) is 2. The number of likely N-dealkylation sites (tertiary alicyclic amines) is 1. The van der Waals surface area contributed by atoms with E-state index in [9.17, 15) is 9.59 Å². The Bertz CT molecular complexity index is 879. The average Bonchev–Trinajstić information content (AvgIpc) is 3.40. The highest BCUT2D eigenvalue weighted by Crippen LogP contribution is 2.32. The van der Waals surface area contributed by atoms with E-state index in [4.69, 9.17) is 9.25 Å². The average molecular weight is 395 g/mol. The molecule has 7 nitrogen and oxygen atoms in total. The van der Waals surface area contributed by atoms with Gasteiger partial charge in [-0.2, -0.15) is 0 Å². The Morgan fingerprint density at radius 3 is 2.72 bits per heavy atom. The minimum Gasteiger partial charge on any atom is -0.459 e. The molecule has 4 rings (SSSR count). The second-order valence-electron chi connectivity index (χ2n) is 7.65. The maximum absolute atomic E-state index is 13.1. The summed E-state index contributed by atoms with van der Waals surface area (Å²) in [5, 5.41) is 7.00. The van der Waals surface area contributed by atoms with Crippen LogP contribution in [0, 0.1) is 0 Å². The van der Waals surface area contributed by atoms with Gasteiger partial charge in [-0.3, -0.25) is 9.59 Å². The Morgan fingerprint density at radius 2 is 2.03 bits per heavy atom. The van der Waals surface area contributed by atoms with Crippen molar-refractivity contribution >= 4 is 17.5 Å². The summed E-state index contributed by atoms with van der Waals surface area (Å²) in [5.74, 6) is 0.136. The molecule has 7 heteroatoms. The van der Waals surface area contributed by atoms with E-state index in [-0.39, 0.29) is 30.0 Å². The van der Waals surface area contributed by atoms with E-state index in [2.05, 4.69) is 10.5 Å². The van der Waals surface area contributed by atoms with Crippen LogP contribution in [0.3, 0.4) is 0 Å². The van der Waals surface area contributed by atoms with Crippen LogP contribution < -0.4 is 5.32 Å². The van der Waals surface area contributed by atoms with Crippen LogP contribution in [-0.4, -0.2) is 41.1 Å². The van der Waals surface area contributed by atoms with Gasteiger partial charge in [0.25, 0.3) is 5.91 Å². The van der Waals surface area contributed by atoms with E-state index >= 15 is 0 Å². The number of rotatable bonds is 5. The third-order valence-corrected chi connectivity index (χ3v) is 5.47. The first-order valence-electron chi connectivity index (χ1n) is 9.98. The molecule has 2 amide bonds. The van der Waals surface area contributed by atoms with Gasteiger partial charge in [-0.05, 0) is 37.5 Å². The summed E-state index contributed by atoms with van der Waals surface area (Å²) < 4.78 is 5.19. The zero-order valence-corrected chi connectivity index (χ0v) is 16.4. The maximum atomic E-state index is 13.1. The first-order valence-corrected chi connectivity index (χ1v) is 9.98. The predicted molar refractivity (Wildman–Crippen MR) is 107 cm³/mol. The Labute approximate surface area is 169 Å². The summed E-state index contributed by atoms with van der Waals surface area (Å²) >= 11 is 0. The third kappa shape index (κ3) is 4.50. The van der Waals surface area contributed by atoms with Gasteiger partial charge in [0.1, 0.15) is 6.10 Å². The number of hydrogen-bond acceptors (Lipinski definition) is 5. The molecule has 2 aliphatic rings. The molecule has 1 N–H and O–H groups in total. The normalized spacial score (nSPS) is 24.0. The van der Waals surface area contributed by atoms with Crippen molar-refractivity contribution in [2.45, 2.75) is 50.8 Å². The second-order valence-corrected chi connectivity index (χ2v) is 7.65. The zero-order valence-electron chi connectivity index (χ0n) is 16.4. The van der Waals surface area contributed by atoms with Gasteiger partial charge in [0.15, 0.2) is 5.76 Å². The van der Waals surface area contributed by atoms with Crippen LogP contribution in [0.4, 0.5) is 0 Å². The summed E-state index contributed by atoms with van der Waals surface area (Å²) in [6.07, 6.45) is 3.66. The Hall–Kier alpha value is -3.09. The Morgan fingerprint density at radius 1 is 1.21 bits per heavy atom. The fraction of sp³-hybridized carbons (Fsp3) is 0.409. The number of carbonyl (C=O) groups is 2. The summed E-state index contributed by atoms with van der Waals surface area (Å²) in [7, 11) is 0. The molecule has 2 aromatic rings. The van der Waals surface area contributed by atoms with Gasteiger partial charge in [0.05, 0.1) is 24.4 Å². The lowest BCUT2D eigenvalue weighted by molar-refractivity contribution is -0.138. The van der Waals surface area contributed by atoms with Crippen molar-refractivity contribution in [3.8, 4) is 0 Å². The highest BCUT2D eigenvalue weighted by atomic mass is 16.6. The van der Waals surface area contributed by atoms with E-state index in [1.165, 1.54) is 6.26 Å². The molecule has 29 heavy (non-hydrogen) atoms. The summed E-state index contributed by atoms with van der Waals surface area (Å²) in [5.41, 5.74) is 1.99. The largest absolute Gasteiger partial charge is 0.459 e. The fourth-order valence-electron chi connectivity index (χ4n) is 4.04. The Balaban J connectivity index is 1.46. The molecule has 3 atom stereocenters. The molecule has 0 spiro atoms. The van der Waals surface area contributed by atoms with Gasteiger partial charge < -0.3 is 19.5 Å². The molecule has 0 saturated carbocycles. The zero-order chi connectivity index (χ0) is 20.2. The Kier molecular flexibility index (Phi) is 5.64. The molecule has 0 bridgehead atoms. The molecule has 1 aromatic heterocycles. The number of hydrogen-bond donors (Lipinski definition) is 1. The minimum atomic E-state index is -0.224. The second kappa shape index (κ2) is 8.51. The summed E-state index contributed by atoms with van der Waals surface area (Å²) in [6.45, 7) is 2.48. The van der Waals surface area contributed by atoms with Gasteiger partial charge in [-0.1, -0.05) is 35.5 Å². The lowest BCUT2D eigenvalue weighted by Crippen LogP contribution is -2.48. The van der Waals surface area contributed by atoms with Crippen LogP contribution in [0.1, 0.15) is 54.8 Å². The fourth-order valence-corrected chi connectivity index (χ4v) is 4.04. The van der Waals surface area contributed by atoms with Gasteiger partial charge in [0.2, 0.25) is 5.91 Å². The molecule has 0 aliphatic carbocycles. The van der Waals surface area contributed by atoms with Gasteiger partial charge >= 0.3 is 0 Å². The van der Waals surface area contributed by atoms with E-state index < -0.39 is 0 Å². The van der Waals surface area contributed by atoms with Crippen LogP contribution >= 0.6 is 0 Å². The number of nitrogens with one attached hydrogen (secondary N) is 1. The molecule has 1 aromatic carbocycles. The smallest absolute Gasteiger partial charge is 0.287 e. The lowest BCUT2D eigenvalue weighted by atomic mass is 9.91. The number of benzene rings is 1. The molecule has 2 aliphatic heterocycles. The third-order valence-electron chi connectivity index (χ3n) is 5.47. The van der Waals surface area contributed by atoms with Crippen LogP contribution in [-0.2, 0) is 9.63 Å². The van der Waals surface area contributed by atoms with E-state index in [0.29, 0.717) is 38.0 Å². The summed E-state index contributed by atoms with van der Waals surface area (Å²) in [4.78, 5) is 32.7. The summed E-state index contributed by atoms with van der Waals surface area (Å²) in [6, 6.07) is 13.2. The van der Waals surface area contributed by atoms with Crippen LogP contribution in [0.15, 0.2) is 58.3 Å². The van der Waals surface area contributed by atoms with Crippen molar-refractivity contribution in [1.82, 2.24) is 10.2 Å². The van der Waals surface area contributed by atoms with Crippen LogP contribution in [0.25, 0.3) is 0 Å². The van der Waals surface area contributed by atoms with E-state index in [1.54, 1.807) is 12.1 Å². The van der Waals surface area contributed by atoms with Crippen LogP contribution in [0.5, 0.6) is 0 Å². The van der Waals surface area contributed by atoms with E-state index in [0.717, 1.165) is 11.3 Å². The number of carbonyl (C=O) groups excluding carboxylic acids is 2. The number of amides is 2. The maximum Gasteiger partial charge on any atom is 0.287 e. The minimum absolute atomic E-state index is 0.0323. The SMILES string of the molecule is CC1=NOC(CC(=O)N2CC[C@H](NC(=O)c3ccco3)C[C@H]2c2ccccc2)C1.